The number of rotatable bonds is 6. The fourth-order valence-electron chi connectivity index (χ4n) is 4.38. The second-order valence-corrected chi connectivity index (χ2v) is 8.55. The quantitative estimate of drug-likeness (QED) is 0.690. The lowest BCUT2D eigenvalue weighted by molar-refractivity contribution is -0.137. The monoisotopic (exact) mass is 434 g/mol. The highest BCUT2D eigenvalue weighted by Crippen LogP contribution is 2.31. The lowest BCUT2D eigenvalue weighted by Crippen LogP contribution is -2.55. The molecule has 0 unspecified atom stereocenters. The summed E-state index contributed by atoms with van der Waals surface area (Å²) in [6.07, 6.45) is -4.34. The summed E-state index contributed by atoms with van der Waals surface area (Å²) in [5.74, 6) is -0.299. The van der Waals surface area contributed by atoms with Gasteiger partial charge in [-0.05, 0) is 44.0 Å². The number of aliphatic hydroxyl groups is 1. The second kappa shape index (κ2) is 9.51. The van der Waals surface area contributed by atoms with E-state index in [4.69, 9.17) is 5.11 Å². The number of hydrogen-bond acceptors (Lipinski definition) is 4. The van der Waals surface area contributed by atoms with E-state index in [-0.39, 0.29) is 17.9 Å². The summed E-state index contributed by atoms with van der Waals surface area (Å²) in [5, 5.41) is 8.96. The number of benzene rings is 2. The predicted octanol–water partition coefficient (Wildman–Crippen LogP) is 4.28. The Morgan fingerprint density at radius 3 is 2.16 bits per heavy atom. The Balaban J connectivity index is 1.65. The molecule has 1 saturated heterocycles. The number of aliphatic hydroxyl groups excluding tert-OH is 1. The van der Waals surface area contributed by atoms with Crippen LogP contribution in [0.5, 0.6) is 0 Å². The van der Waals surface area contributed by atoms with Gasteiger partial charge in [-0.3, -0.25) is 14.6 Å². The van der Waals surface area contributed by atoms with E-state index in [2.05, 4.69) is 23.6 Å². The second-order valence-electron chi connectivity index (χ2n) is 8.55. The summed E-state index contributed by atoms with van der Waals surface area (Å²) in [6, 6.07) is 11.9. The molecule has 2 aromatic rings. The zero-order valence-electron chi connectivity index (χ0n) is 18.1. The molecule has 0 aromatic heterocycles. The van der Waals surface area contributed by atoms with Gasteiger partial charge < -0.3 is 5.11 Å². The van der Waals surface area contributed by atoms with Gasteiger partial charge in [0.25, 0.3) is 0 Å². The van der Waals surface area contributed by atoms with E-state index >= 15 is 0 Å². The summed E-state index contributed by atoms with van der Waals surface area (Å²) >= 11 is 0. The minimum Gasteiger partial charge on any atom is -0.388 e. The zero-order valence-corrected chi connectivity index (χ0v) is 18.1. The largest absolute Gasteiger partial charge is 0.416 e. The van der Waals surface area contributed by atoms with Crippen LogP contribution in [0.1, 0.15) is 46.5 Å². The van der Waals surface area contributed by atoms with E-state index in [1.165, 1.54) is 12.1 Å². The molecule has 0 radical (unpaired) electrons. The Labute approximate surface area is 181 Å². The van der Waals surface area contributed by atoms with Gasteiger partial charge in [-0.15, -0.1) is 0 Å². The zero-order chi connectivity index (χ0) is 22.8. The number of aryl methyl sites for hydroxylation is 1. The van der Waals surface area contributed by atoms with Crippen molar-refractivity contribution in [1.29, 1.82) is 0 Å². The van der Waals surface area contributed by atoms with Gasteiger partial charge in [-0.1, -0.05) is 35.9 Å². The summed E-state index contributed by atoms with van der Waals surface area (Å²) in [5.41, 5.74) is 2.28. The molecule has 0 aliphatic carbocycles. The van der Waals surface area contributed by atoms with Crippen molar-refractivity contribution in [1.82, 2.24) is 9.80 Å². The lowest BCUT2D eigenvalue weighted by atomic mass is 10.0. The maximum absolute atomic E-state index is 13.2. The van der Waals surface area contributed by atoms with Crippen LogP contribution in [0.2, 0.25) is 0 Å². The van der Waals surface area contributed by atoms with Crippen LogP contribution in [0.3, 0.4) is 0 Å². The minimum atomic E-state index is -4.34. The molecule has 31 heavy (non-hydrogen) atoms. The van der Waals surface area contributed by atoms with E-state index in [1.807, 2.05) is 18.2 Å². The molecule has 2 aromatic carbocycles. The van der Waals surface area contributed by atoms with Crippen molar-refractivity contribution in [3.63, 3.8) is 0 Å². The highest BCUT2D eigenvalue weighted by atomic mass is 19.4. The maximum atomic E-state index is 13.2. The van der Waals surface area contributed by atoms with Gasteiger partial charge in [0.2, 0.25) is 0 Å². The van der Waals surface area contributed by atoms with Crippen molar-refractivity contribution < 1.29 is 23.1 Å². The summed E-state index contributed by atoms with van der Waals surface area (Å²) in [7, 11) is 0. The van der Waals surface area contributed by atoms with Crippen LogP contribution < -0.4 is 0 Å². The molecule has 0 saturated carbocycles. The van der Waals surface area contributed by atoms with Gasteiger partial charge in [0.15, 0.2) is 5.78 Å². The number of piperazine rings is 1. The SMILES string of the molecule is Cc1cc(CN2[C@H](C)CN(Cc3ccc(C(=O)CO)cc3)C[C@@H]2C)cc(C(F)(F)F)c1. The standard InChI is InChI=1S/C24H29F3N2O2/c1-16-8-20(10-22(9-16)24(25,26)27)14-29-17(2)11-28(12-18(29)3)13-19-4-6-21(7-5-19)23(31)15-30/h4-10,17-18,30H,11-15H2,1-3H3/t17-,18+. The number of halogens is 3. The third kappa shape index (κ3) is 5.93. The van der Waals surface area contributed by atoms with Crippen molar-refractivity contribution in [2.75, 3.05) is 19.7 Å². The molecule has 1 N–H and O–H groups in total. The minimum absolute atomic E-state index is 0.189. The molecule has 3 rings (SSSR count). The van der Waals surface area contributed by atoms with Crippen LogP contribution in [0.15, 0.2) is 42.5 Å². The van der Waals surface area contributed by atoms with Gasteiger partial charge in [0.1, 0.15) is 6.61 Å². The van der Waals surface area contributed by atoms with Gasteiger partial charge >= 0.3 is 6.18 Å². The first-order chi connectivity index (χ1) is 14.6. The van der Waals surface area contributed by atoms with Crippen LogP contribution in [0, 0.1) is 6.92 Å². The van der Waals surface area contributed by atoms with Crippen LogP contribution in [0.25, 0.3) is 0 Å². The van der Waals surface area contributed by atoms with Gasteiger partial charge in [0.05, 0.1) is 5.56 Å². The number of ketones is 1. The van der Waals surface area contributed by atoms with Gasteiger partial charge in [-0.25, -0.2) is 0 Å². The third-order valence-electron chi connectivity index (χ3n) is 5.83. The lowest BCUT2D eigenvalue weighted by Gasteiger charge is -2.44. The molecule has 1 aliphatic rings. The predicted molar refractivity (Wildman–Crippen MR) is 114 cm³/mol. The average Bonchev–Trinajstić information content (AvgIpc) is 2.70. The highest BCUT2D eigenvalue weighted by molar-refractivity contribution is 5.96. The Hall–Kier alpha value is -2.22. The third-order valence-corrected chi connectivity index (χ3v) is 5.83. The number of carbonyl (C=O) groups excluding carboxylic acids is 1. The molecule has 7 heteroatoms. The highest BCUT2D eigenvalue weighted by Gasteiger charge is 2.32. The molecule has 0 amide bonds. The number of nitrogens with zero attached hydrogens (tertiary/aromatic N) is 2. The molecule has 4 nitrogen and oxygen atoms in total. The molecule has 1 aliphatic heterocycles. The van der Waals surface area contributed by atoms with Crippen LogP contribution >= 0.6 is 0 Å². The molecular formula is C24H29F3N2O2. The average molecular weight is 435 g/mol. The van der Waals surface area contributed by atoms with Crippen molar-refractivity contribution in [2.24, 2.45) is 0 Å². The van der Waals surface area contributed by atoms with Crippen LogP contribution in [-0.2, 0) is 19.3 Å². The van der Waals surface area contributed by atoms with Gasteiger partial charge in [-0.2, -0.15) is 13.2 Å². The van der Waals surface area contributed by atoms with Crippen LogP contribution in [0.4, 0.5) is 13.2 Å². The van der Waals surface area contributed by atoms with Crippen molar-refractivity contribution in [3.05, 3.63) is 70.3 Å². The molecule has 0 bridgehead atoms. The van der Waals surface area contributed by atoms with E-state index < -0.39 is 18.3 Å². The fraction of sp³-hybridized carbons (Fsp3) is 0.458. The molecule has 0 spiro atoms. The Bertz CT molecular complexity index is 900. The number of hydrogen-bond donors (Lipinski definition) is 1. The first kappa shape index (κ1) is 23.4. The van der Waals surface area contributed by atoms with E-state index in [1.54, 1.807) is 19.1 Å². The number of Topliss-reactive ketones (excluding diaryl/α,β-unsaturated/α-hetero) is 1. The molecular weight excluding hydrogens is 405 g/mol. The molecule has 1 heterocycles. The molecule has 2 atom stereocenters. The first-order valence-corrected chi connectivity index (χ1v) is 10.5. The maximum Gasteiger partial charge on any atom is 0.416 e. The Morgan fingerprint density at radius 1 is 1.00 bits per heavy atom. The number of alkyl halides is 3. The Morgan fingerprint density at radius 2 is 1.61 bits per heavy atom. The van der Waals surface area contributed by atoms with Crippen molar-refractivity contribution in [3.8, 4) is 0 Å². The Kier molecular flexibility index (Phi) is 7.19. The van der Waals surface area contributed by atoms with Crippen molar-refractivity contribution in [2.45, 2.75) is 52.1 Å². The fourth-order valence-corrected chi connectivity index (χ4v) is 4.38. The summed E-state index contributed by atoms with van der Waals surface area (Å²) in [4.78, 5) is 16.1. The number of carbonyl (C=O) groups is 1. The summed E-state index contributed by atoms with van der Waals surface area (Å²) in [6.45, 7) is 8.24. The van der Waals surface area contributed by atoms with E-state index in [0.29, 0.717) is 23.2 Å². The normalized spacial score (nSPS) is 20.7. The molecule has 168 valence electrons. The van der Waals surface area contributed by atoms with Gasteiger partial charge in [0, 0.05) is 43.8 Å². The molecule has 1 fully saturated rings. The first-order valence-electron chi connectivity index (χ1n) is 10.5. The smallest absolute Gasteiger partial charge is 0.388 e. The van der Waals surface area contributed by atoms with E-state index in [0.717, 1.165) is 25.2 Å². The van der Waals surface area contributed by atoms with E-state index in [9.17, 15) is 18.0 Å². The van der Waals surface area contributed by atoms with Crippen molar-refractivity contribution >= 4 is 5.78 Å². The summed E-state index contributed by atoms with van der Waals surface area (Å²) < 4.78 is 39.5. The topological polar surface area (TPSA) is 43.8 Å². The van der Waals surface area contributed by atoms with Crippen LogP contribution in [-0.4, -0.2) is 52.5 Å².